The van der Waals surface area contributed by atoms with Gasteiger partial charge in [0.2, 0.25) is 11.8 Å². The van der Waals surface area contributed by atoms with Crippen LogP contribution in [0.4, 0.5) is 0 Å². The Morgan fingerprint density at radius 3 is 2.64 bits per heavy atom. The van der Waals surface area contributed by atoms with Crippen molar-refractivity contribution in [3.05, 3.63) is 24.2 Å². The number of likely N-dealkylation sites (tertiary alicyclic amines) is 1. The van der Waals surface area contributed by atoms with E-state index in [1.54, 1.807) is 6.26 Å². The zero-order chi connectivity index (χ0) is 15.4. The van der Waals surface area contributed by atoms with Crippen molar-refractivity contribution < 1.29 is 14.0 Å². The van der Waals surface area contributed by atoms with Crippen LogP contribution in [-0.4, -0.2) is 42.4 Å². The van der Waals surface area contributed by atoms with Gasteiger partial charge < -0.3 is 15.1 Å². The van der Waals surface area contributed by atoms with Crippen molar-refractivity contribution in [2.24, 2.45) is 5.92 Å². The van der Waals surface area contributed by atoms with E-state index in [1.165, 1.54) is 0 Å². The average Bonchev–Trinajstić information content (AvgIpc) is 3.24. The van der Waals surface area contributed by atoms with Crippen molar-refractivity contribution >= 4 is 11.8 Å². The third-order valence-electron chi connectivity index (χ3n) is 4.29. The molecule has 1 aliphatic carbocycles. The smallest absolute Gasteiger partial charge is 0.234 e. The third kappa shape index (κ3) is 4.34. The molecule has 1 aromatic rings. The molecule has 0 spiro atoms. The molecule has 0 atom stereocenters. The standard InChI is InChI=1S/C16H23N3O3/c20-15(17-10-14-2-1-9-22-14)11-19-7-5-13(6-8-19)18-16(21)12-3-4-12/h1-2,9,12-13H,3-8,10-11H2,(H,17,20)(H,18,21). The lowest BCUT2D eigenvalue weighted by atomic mass is 10.0. The number of hydrogen-bond donors (Lipinski definition) is 2. The maximum atomic E-state index is 11.9. The molecule has 0 aromatic carbocycles. The minimum Gasteiger partial charge on any atom is -0.467 e. The molecule has 2 aliphatic rings. The molecule has 22 heavy (non-hydrogen) atoms. The second kappa shape index (κ2) is 6.96. The molecule has 0 unspecified atom stereocenters. The summed E-state index contributed by atoms with van der Waals surface area (Å²) >= 11 is 0. The Morgan fingerprint density at radius 2 is 2.00 bits per heavy atom. The summed E-state index contributed by atoms with van der Waals surface area (Å²) in [7, 11) is 0. The molecule has 6 nitrogen and oxygen atoms in total. The molecule has 2 N–H and O–H groups in total. The van der Waals surface area contributed by atoms with Gasteiger partial charge in [-0.3, -0.25) is 14.5 Å². The van der Waals surface area contributed by atoms with Gasteiger partial charge >= 0.3 is 0 Å². The zero-order valence-corrected chi connectivity index (χ0v) is 12.7. The normalized spacial score (nSPS) is 19.8. The predicted molar refractivity (Wildman–Crippen MR) is 80.9 cm³/mol. The van der Waals surface area contributed by atoms with Crippen molar-refractivity contribution in [1.29, 1.82) is 0 Å². The minimum atomic E-state index is 0.0110. The van der Waals surface area contributed by atoms with Crippen LogP contribution in [0.25, 0.3) is 0 Å². The highest BCUT2D eigenvalue weighted by Crippen LogP contribution is 2.29. The summed E-state index contributed by atoms with van der Waals surface area (Å²) in [4.78, 5) is 25.8. The Balaban J connectivity index is 1.32. The summed E-state index contributed by atoms with van der Waals surface area (Å²) in [6.45, 7) is 2.54. The van der Waals surface area contributed by atoms with Crippen molar-refractivity contribution in [2.75, 3.05) is 19.6 Å². The summed E-state index contributed by atoms with van der Waals surface area (Å²) in [6.07, 6.45) is 5.52. The Bertz CT molecular complexity index is 503. The van der Waals surface area contributed by atoms with E-state index in [0.717, 1.165) is 44.5 Å². The van der Waals surface area contributed by atoms with E-state index < -0.39 is 0 Å². The van der Waals surface area contributed by atoms with Gasteiger partial charge in [0.25, 0.3) is 0 Å². The zero-order valence-electron chi connectivity index (χ0n) is 12.7. The molecule has 1 saturated heterocycles. The van der Waals surface area contributed by atoms with E-state index in [4.69, 9.17) is 4.42 Å². The molecule has 2 amide bonds. The van der Waals surface area contributed by atoms with E-state index in [1.807, 2.05) is 12.1 Å². The summed E-state index contributed by atoms with van der Waals surface area (Å²) in [5.41, 5.74) is 0. The molecule has 3 rings (SSSR count). The van der Waals surface area contributed by atoms with Crippen LogP contribution >= 0.6 is 0 Å². The number of piperidine rings is 1. The van der Waals surface area contributed by atoms with Crippen molar-refractivity contribution in [3.8, 4) is 0 Å². The lowest BCUT2D eigenvalue weighted by Crippen LogP contribution is -2.47. The second-order valence-corrected chi connectivity index (χ2v) is 6.19. The number of amides is 2. The molecule has 120 valence electrons. The van der Waals surface area contributed by atoms with Crippen LogP contribution in [0, 0.1) is 5.92 Å². The summed E-state index contributed by atoms with van der Waals surface area (Å²) in [6, 6.07) is 3.92. The topological polar surface area (TPSA) is 74.6 Å². The van der Waals surface area contributed by atoms with Crippen molar-refractivity contribution in [3.63, 3.8) is 0 Å². The average molecular weight is 305 g/mol. The summed E-state index contributed by atoms with van der Waals surface area (Å²) in [5.74, 6) is 1.26. The fraction of sp³-hybridized carbons (Fsp3) is 0.625. The van der Waals surface area contributed by atoms with Crippen LogP contribution in [0.3, 0.4) is 0 Å². The number of carbonyl (C=O) groups is 2. The quantitative estimate of drug-likeness (QED) is 0.818. The molecule has 1 saturated carbocycles. The van der Waals surface area contributed by atoms with Crippen LogP contribution in [0.1, 0.15) is 31.4 Å². The largest absolute Gasteiger partial charge is 0.467 e. The molecule has 0 bridgehead atoms. The summed E-state index contributed by atoms with van der Waals surface area (Å²) in [5, 5.41) is 5.97. The summed E-state index contributed by atoms with van der Waals surface area (Å²) < 4.78 is 5.18. The van der Waals surface area contributed by atoms with E-state index >= 15 is 0 Å². The number of furan rings is 1. The van der Waals surface area contributed by atoms with E-state index in [-0.39, 0.29) is 23.8 Å². The first-order chi connectivity index (χ1) is 10.7. The number of nitrogens with zero attached hydrogens (tertiary/aromatic N) is 1. The van der Waals surface area contributed by atoms with Gasteiger partial charge in [-0.25, -0.2) is 0 Å². The first kappa shape index (κ1) is 15.1. The Labute approximate surface area is 130 Å². The second-order valence-electron chi connectivity index (χ2n) is 6.19. The molecule has 2 fully saturated rings. The molecular weight excluding hydrogens is 282 g/mol. The fourth-order valence-corrected chi connectivity index (χ4v) is 2.76. The first-order valence-electron chi connectivity index (χ1n) is 8.02. The highest BCUT2D eigenvalue weighted by Gasteiger charge is 2.31. The van der Waals surface area contributed by atoms with Crippen LogP contribution in [0.15, 0.2) is 22.8 Å². The molecule has 2 heterocycles. The van der Waals surface area contributed by atoms with Crippen molar-refractivity contribution in [1.82, 2.24) is 15.5 Å². The number of rotatable bonds is 6. The van der Waals surface area contributed by atoms with Gasteiger partial charge in [-0.15, -0.1) is 0 Å². The van der Waals surface area contributed by atoms with Gasteiger partial charge in [-0.05, 0) is 37.8 Å². The molecule has 1 aliphatic heterocycles. The number of hydrogen-bond acceptors (Lipinski definition) is 4. The van der Waals surface area contributed by atoms with Gasteiger partial charge in [-0.2, -0.15) is 0 Å². The van der Waals surface area contributed by atoms with Gasteiger partial charge in [0.15, 0.2) is 0 Å². The monoisotopic (exact) mass is 305 g/mol. The fourth-order valence-electron chi connectivity index (χ4n) is 2.76. The van der Waals surface area contributed by atoms with E-state index in [2.05, 4.69) is 15.5 Å². The van der Waals surface area contributed by atoms with Crippen LogP contribution in [0.5, 0.6) is 0 Å². The maximum Gasteiger partial charge on any atom is 0.234 e. The SMILES string of the molecule is O=C(CN1CCC(NC(=O)C2CC2)CC1)NCc1ccco1. The van der Waals surface area contributed by atoms with E-state index in [9.17, 15) is 9.59 Å². The first-order valence-corrected chi connectivity index (χ1v) is 8.02. The molecule has 1 aromatic heterocycles. The van der Waals surface area contributed by atoms with Gasteiger partial charge in [0.1, 0.15) is 5.76 Å². The Morgan fingerprint density at radius 1 is 1.23 bits per heavy atom. The van der Waals surface area contributed by atoms with Gasteiger partial charge in [-0.1, -0.05) is 0 Å². The lowest BCUT2D eigenvalue weighted by Gasteiger charge is -2.31. The van der Waals surface area contributed by atoms with Gasteiger partial charge in [0.05, 0.1) is 19.4 Å². The molecule has 0 radical (unpaired) electrons. The Kier molecular flexibility index (Phi) is 4.77. The lowest BCUT2D eigenvalue weighted by molar-refractivity contribution is -0.125. The number of carbonyl (C=O) groups excluding carboxylic acids is 2. The van der Waals surface area contributed by atoms with E-state index in [0.29, 0.717) is 13.1 Å². The minimum absolute atomic E-state index is 0.0110. The van der Waals surface area contributed by atoms with Crippen LogP contribution in [-0.2, 0) is 16.1 Å². The van der Waals surface area contributed by atoms with Crippen LogP contribution < -0.4 is 10.6 Å². The predicted octanol–water partition coefficient (Wildman–Crippen LogP) is 0.886. The highest BCUT2D eigenvalue weighted by atomic mass is 16.3. The van der Waals surface area contributed by atoms with Crippen molar-refractivity contribution in [2.45, 2.75) is 38.3 Å². The number of nitrogens with one attached hydrogen (secondary N) is 2. The highest BCUT2D eigenvalue weighted by molar-refractivity contribution is 5.81. The third-order valence-corrected chi connectivity index (χ3v) is 4.29. The molecular formula is C16H23N3O3. The van der Waals surface area contributed by atoms with Gasteiger partial charge in [0, 0.05) is 25.0 Å². The van der Waals surface area contributed by atoms with Crippen LogP contribution in [0.2, 0.25) is 0 Å². The molecule has 6 heteroatoms. The maximum absolute atomic E-state index is 11.9. The Hall–Kier alpha value is -1.82.